The van der Waals surface area contributed by atoms with Crippen LogP contribution in [0.2, 0.25) is 0 Å². The summed E-state index contributed by atoms with van der Waals surface area (Å²) in [5.41, 5.74) is 8.00. The van der Waals surface area contributed by atoms with Crippen LogP contribution in [0.25, 0.3) is 22.9 Å². The molecular weight excluding hydrogens is 399 g/mol. The minimum atomic E-state index is -0.914. The maximum Gasteiger partial charge on any atom is 0.255 e. The van der Waals surface area contributed by atoms with Gasteiger partial charge in [-0.05, 0) is 61.5 Å². The van der Waals surface area contributed by atoms with Crippen molar-refractivity contribution in [2.75, 3.05) is 5.32 Å². The number of amides is 2. The Morgan fingerprint density at radius 2 is 1.65 bits per heavy atom. The Morgan fingerprint density at radius 1 is 0.935 bits per heavy atom. The highest BCUT2D eigenvalue weighted by molar-refractivity contribution is 6.05. The molecule has 0 atom stereocenters. The predicted octanol–water partition coefficient (Wildman–Crippen LogP) is 4.20. The Kier molecular flexibility index (Phi) is 5.28. The van der Waals surface area contributed by atoms with Crippen LogP contribution >= 0.6 is 0 Å². The predicted molar refractivity (Wildman–Crippen MR) is 113 cm³/mol. The molecule has 1 heterocycles. The van der Waals surface area contributed by atoms with Crippen molar-refractivity contribution >= 4 is 17.5 Å². The minimum Gasteiger partial charge on any atom is -0.416 e. The summed E-state index contributed by atoms with van der Waals surface area (Å²) in [7, 11) is 0. The van der Waals surface area contributed by atoms with Gasteiger partial charge in [0, 0.05) is 22.4 Å². The Bertz CT molecular complexity index is 1280. The van der Waals surface area contributed by atoms with E-state index in [9.17, 15) is 14.0 Å². The SMILES string of the molecule is Cc1cccc(-c2nnc(-c3ccc(C(=O)Nc4ccc(F)c(C(N)=O)c4)cc3)o2)c1. The summed E-state index contributed by atoms with van der Waals surface area (Å²) in [6, 6.07) is 17.9. The summed E-state index contributed by atoms with van der Waals surface area (Å²) in [6.45, 7) is 1.98. The molecule has 0 fully saturated rings. The van der Waals surface area contributed by atoms with Crippen molar-refractivity contribution in [1.82, 2.24) is 10.2 Å². The molecule has 154 valence electrons. The van der Waals surface area contributed by atoms with Gasteiger partial charge in [0.15, 0.2) is 0 Å². The average Bonchev–Trinajstić information content (AvgIpc) is 3.25. The highest BCUT2D eigenvalue weighted by Crippen LogP contribution is 2.25. The van der Waals surface area contributed by atoms with Crippen molar-refractivity contribution in [3.05, 3.63) is 89.2 Å². The third-order valence-corrected chi connectivity index (χ3v) is 4.57. The molecule has 31 heavy (non-hydrogen) atoms. The van der Waals surface area contributed by atoms with Crippen LogP contribution in [0, 0.1) is 12.7 Å². The van der Waals surface area contributed by atoms with Gasteiger partial charge in [-0.1, -0.05) is 17.7 Å². The largest absolute Gasteiger partial charge is 0.416 e. The van der Waals surface area contributed by atoms with E-state index >= 15 is 0 Å². The van der Waals surface area contributed by atoms with Crippen LogP contribution in [0.15, 0.2) is 71.1 Å². The second-order valence-corrected chi connectivity index (χ2v) is 6.87. The molecule has 3 N–H and O–H groups in total. The third kappa shape index (κ3) is 4.32. The van der Waals surface area contributed by atoms with Gasteiger partial charge in [0.2, 0.25) is 11.8 Å². The topological polar surface area (TPSA) is 111 Å². The van der Waals surface area contributed by atoms with Gasteiger partial charge < -0.3 is 15.5 Å². The molecule has 0 unspecified atom stereocenters. The Morgan fingerprint density at radius 3 is 2.32 bits per heavy atom. The molecule has 0 saturated heterocycles. The zero-order chi connectivity index (χ0) is 22.0. The second kappa shape index (κ2) is 8.19. The van der Waals surface area contributed by atoms with E-state index in [1.807, 2.05) is 31.2 Å². The monoisotopic (exact) mass is 416 g/mol. The number of carbonyl (C=O) groups excluding carboxylic acids is 2. The van der Waals surface area contributed by atoms with Crippen LogP contribution in [0.3, 0.4) is 0 Å². The van der Waals surface area contributed by atoms with E-state index in [1.165, 1.54) is 12.1 Å². The quantitative estimate of drug-likeness (QED) is 0.506. The molecule has 4 rings (SSSR count). The van der Waals surface area contributed by atoms with Crippen LogP contribution in [0.4, 0.5) is 10.1 Å². The van der Waals surface area contributed by atoms with Gasteiger partial charge in [0.25, 0.3) is 11.8 Å². The number of nitrogens with two attached hydrogens (primary N) is 1. The normalized spacial score (nSPS) is 10.6. The van der Waals surface area contributed by atoms with Gasteiger partial charge in [-0.15, -0.1) is 10.2 Å². The van der Waals surface area contributed by atoms with Gasteiger partial charge in [-0.3, -0.25) is 9.59 Å². The van der Waals surface area contributed by atoms with Crippen molar-refractivity contribution in [2.45, 2.75) is 6.92 Å². The first-order valence-corrected chi connectivity index (χ1v) is 9.32. The second-order valence-electron chi connectivity index (χ2n) is 6.87. The number of primary amides is 1. The standard InChI is InChI=1S/C23H17FN4O3/c1-13-3-2-4-16(11-13)23-28-27-22(31-23)15-7-5-14(6-8-15)21(30)26-17-9-10-19(24)18(12-17)20(25)29/h2-12H,1H3,(H2,25,29)(H,26,30). The minimum absolute atomic E-state index is 0.254. The third-order valence-electron chi connectivity index (χ3n) is 4.57. The number of aromatic nitrogens is 2. The van der Waals surface area contributed by atoms with E-state index in [2.05, 4.69) is 15.5 Å². The van der Waals surface area contributed by atoms with E-state index in [0.29, 0.717) is 22.9 Å². The molecule has 0 aliphatic heterocycles. The summed E-state index contributed by atoms with van der Waals surface area (Å²) in [5.74, 6) is -1.36. The molecule has 0 aliphatic rings. The van der Waals surface area contributed by atoms with Crippen molar-refractivity contribution in [2.24, 2.45) is 5.73 Å². The molecule has 7 nitrogen and oxygen atoms in total. The first kappa shape index (κ1) is 20.0. The maximum absolute atomic E-state index is 13.6. The number of benzene rings is 3. The molecule has 2 amide bonds. The number of nitrogens with zero attached hydrogens (tertiary/aromatic N) is 2. The lowest BCUT2D eigenvalue weighted by Crippen LogP contribution is -2.16. The highest BCUT2D eigenvalue weighted by Gasteiger charge is 2.14. The first-order valence-electron chi connectivity index (χ1n) is 9.32. The van der Waals surface area contributed by atoms with E-state index < -0.39 is 17.6 Å². The number of hydrogen-bond acceptors (Lipinski definition) is 5. The van der Waals surface area contributed by atoms with Crippen molar-refractivity contribution in [3.8, 4) is 22.9 Å². The molecule has 4 aromatic rings. The summed E-state index contributed by atoms with van der Waals surface area (Å²) in [6.07, 6.45) is 0. The molecule has 0 saturated carbocycles. The fourth-order valence-electron chi connectivity index (χ4n) is 2.99. The number of aryl methyl sites for hydroxylation is 1. The molecule has 0 aliphatic carbocycles. The molecule has 0 spiro atoms. The fourth-order valence-corrected chi connectivity index (χ4v) is 2.99. The summed E-state index contributed by atoms with van der Waals surface area (Å²) < 4.78 is 19.3. The van der Waals surface area contributed by atoms with Crippen molar-refractivity contribution < 1.29 is 18.4 Å². The number of halogens is 1. The zero-order valence-electron chi connectivity index (χ0n) is 16.4. The number of rotatable bonds is 5. The van der Waals surface area contributed by atoms with Gasteiger partial charge in [-0.2, -0.15) is 0 Å². The summed E-state index contributed by atoms with van der Waals surface area (Å²) in [5, 5.41) is 10.8. The van der Waals surface area contributed by atoms with Crippen LogP contribution < -0.4 is 11.1 Å². The van der Waals surface area contributed by atoms with Gasteiger partial charge in [0.05, 0.1) is 5.56 Å². The molecule has 1 aromatic heterocycles. The fraction of sp³-hybridized carbons (Fsp3) is 0.0435. The lowest BCUT2D eigenvalue weighted by molar-refractivity contribution is 0.0992. The Hall–Kier alpha value is -4.33. The maximum atomic E-state index is 13.6. The lowest BCUT2D eigenvalue weighted by Gasteiger charge is -2.07. The number of hydrogen-bond donors (Lipinski definition) is 2. The first-order chi connectivity index (χ1) is 14.9. The summed E-state index contributed by atoms with van der Waals surface area (Å²) in [4.78, 5) is 23.7. The average molecular weight is 416 g/mol. The van der Waals surface area contributed by atoms with E-state index in [-0.39, 0.29) is 11.3 Å². The molecule has 0 bridgehead atoms. The zero-order valence-corrected chi connectivity index (χ0v) is 16.4. The number of anilines is 1. The van der Waals surface area contributed by atoms with Gasteiger partial charge >= 0.3 is 0 Å². The van der Waals surface area contributed by atoms with Gasteiger partial charge in [-0.25, -0.2) is 4.39 Å². The Labute approximate surface area is 176 Å². The number of nitrogens with one attached hydrogen (secondary N) is 1. The van der Waals surface area contributed by atoms with E-state index in [1.54, 1.807) is 24.3 Å². The van der Waals surface area contributed by atoms with E-state index in [4.69, 9.17) is 10.2 Å². The van der Waals surface area contributed by atoms with Gasteiger partial charge in [0.1, 0.15) is 5.82 Å². The lowest BCUT2D eigenvalue weighted by atomic mass is 10.1. The molecule has 0 radical (unpaired) electrons. The van der Waals surface area contributed by atoms with Crippen molar-refractivity contribution in [1.29, 1.82) is 0 Å². The van der Waals surface area contributed by atoms with Crippen LogP contribution in [-0.2, 0) is 0 Å². The number of carbonyl (C=O) groups is 2. The molecular formula is C23H17FN4O3. The highest BCUT2D eigenvalue weighted by atomic mass is 19.1. The summed E-state index contributed by atoms with van der Waals surface area (Å²) >= 11 is 0. The van der Waals surface area contributed by atoms with Crippen molar-refractivity contribution in [3.63, 3.8) is 0 Å². The molecule has 8 heteroatoms. The van der Waals surface area contributed by atoms with Crippen LogP contribution in [0.5, 0.6) is 0 Å². The molecule has 3 aromatic carbocycles. The smallest absolute Gasteiger partial charge is 0.255 e. The van der Waals surface area contributed by atoms with Crippen LogP contribution in [0.1, 0.15) is 26.3 Å². The Balaban J connectivity index is 1.50. The van der Waals surface area contributed by atoms with E-state index in [0.717, 1.165) is 17.2 Å². The van der Waals surface area contributed by atoms with Crippen LogP contribution in [-0.4, -0.2) is 22.0 Å².